The second kappa shape index (κ2) is 4.68. The highest BCUT2D eigenvalue weighted by molar-refractivity contribution is 6.33. The van der Waals surface area contributed by atoms with Crippen molar-refractivity contribution < 1.29 is 4.74 Å². The Bertz CT molecular complexity index is 502. The highest BCUT2D eigenvalue weighted by atomic mass is 35.5. The number of anilines is 1. The van der Waals surface area contributed by atoms with Crippen LogP contribution in [0.4, 0.5) is 5.69 Å². The van der Waals surface area contributed by atoms with E-state index in [0.717, 1.165) is 11.3 Å². The van der Waals surface area contributed by atoms with E-state index in [1.54, 1.807) is 6.07 Å². The molecule has 0 aliphatic rings. The van der Waals surface area contributed by atoms with Gasteiger partial charge in [-0.1, -0.05) is 29.8 Å². The first-order valence-corrected chi connectivity index (χ1v) is 5.75. The number of nitrogen functional groups attached to an aromatic ring is 1. The van der Waals surface area contributed by atoms with Crippen molar-refractivity contribution in [1.82, 2.24) is 0 Å². The number of nitrogens with two attached hydrogens (primary N) is 1. The zero-order valence-electron chi connectivity index (χ0n) is 9.83. The standard InChI is InChI=1S/C14H14ClNO/c1-9-5-3-7-12(10(9)2)17-13-8-4-6-11(15)14(13)16/h3-8H,16H2,1-2H3. The van der Waals surface area contributed by atoms with Crippen molar-refractivity contribution >= 4 is 17.3 Å². The molecule has 2 nitrogen and oxygen atoms in total. The van der Waals surface area contributed by atoms with Crippen LogP contribution in [0, 0.1) is 13.8 Å². The fourth-order valence-corrected chi connectivity index (χ4v) is 1.73. The lowest BCUT2D eigenvalue weighted by atomic mass is 10.1. The smallest absolute Gasteiger partial charge is 0.151 e. The first-order chi connectivity index (χ1) is 8.09. The molecule has 0 aliphatic carbocycles. The molecule has 0 aromatic heterocycles. The Balaban J connectivity index is 2.38. The topological polar surface area (TPSA) is 35.2 Å². The fraction of sp³-hybridized carbons (Fsp3) is 0.143. The van der Waals surface area contributed by atoms with Crippen molar-refractivity contribution in [3.63, 3.8) is 0 Å². The lowest BCUT2D eigenvalue weighted by molar-refractivity contribution is 0.481. The van der Waals surface area contributed by atoms with Gasteiger partial charge in [0.1, 0.15) is 5.75 Å². The molecule has 0 atom stereocenters. The van der Waals surface area contributed by atoms with Crippen LogP contribution < -0.4 is 10.5 Å². The number of halogens is 1. The summed E-state index contributed by atoms with van der Waals surface area (Å²) < 4.78 is 5.79. The minimum Gasteiger partial charge on any atom is -0.455 e. The third-order valence-electron chi connectivity index (χ3n) is 2.79. The van der Waals surface area contributed by atoms with Gasteiger partial charge < -0.3 is 10.5 Å². The summed E-state index contributed by atoms with van der Waals surface area (Å²) in [7, 11) is 0. The van der Waals surface area contributed by atoms with E-state index in [4.69, 9.17) is 22.1 Å². The molecular weight excluding hydrogens is 234 g/mol. The van der Waals surface area contributed by atoms with Gasteiger partial charge in [-0.05, 0) is 43.2 Å². The molecule has 2 rings (SSSR count). The minimum atomic E-state index is 0.468. The average molecular weight is 248 g/mol. The van der Waals surface area contributed by atoms with Gasteiger partial charge in [-0.15, -0.1) is 0 Å². The zero-order chi connectivity index (χ0) is 12.4. The van der Waals surface area contributed by atoms with Crippen LogP contribution in [0.5, 0.6) is 11.5 Å². The number of hydrogen-bond donors (Lipinski definition) is 1. The SMILES string of the molecule is Cc1cccc(Oc2cccc(Cl)c2N)c1C. The highest BCUT2D eigenvalue weighted by Crippen LogP contribution is 2.34. The maximum absolute atomic E-state index is 5.95. The number of benzene rings is 2. The summed E-state index contributed by atoms with van der Waals surface area (Å²) in [5.41, 5.74) is 8.62. The molecule has 0 bridgehead atoms. The Morgan fingerprint density at radius 2 is 1.65 bits per heavy atom. The fourth-order valence-electron chi connectivity index (χ4n) is 1.56. The lowest BCUT2D eigenvalue weighted by Gasteiger charge is -2.12. The Hall–Kier alpha value is -1.67. The molecule has 0 spiro atoms. The second-order valence-corrected chi connectivity index (χ2v) is 4.36. The van der Waals surface area contributed by atoms with Gasteiger partial charge in [0.2, 0.25) is 0 Å². The Labute approximate surface area is 106 Å². The molecule has 0 saturated carbocycles. The summed E-state index contributed by atoms with van der Waals surface area (Å²) >= 11 is 5.95. The van der Waals surface area contributed by atoms with Crippen LogP contribution in [-0.4, -0.2) is 0 Å². The molecule has 0 saturated heterocycles. The van der Waals surface area contributed by atoms with Crippen LogP contribution in [0.2, 0.25) is 5.02 Å². The summed E-state index contributed by atoms with van der Waals surface area (Å²) in [6.45, 7) is 4.06. The number of ether oxygens (including phenoxy) is 1. The van der Waals surface area contributed by atoms with Gasteiger partial charge in [0.15, 0.2) is 5.75 Å². The molecule has 3 heteroatoms. The normalized spacial score (nSPS) is 10.3. The quantitative estimate of drug-likeness (QED) is 0.802. The second-order valence-electron chi connectivity index (χ2n) is 3.95. The molecular formula is C14H14ClNO. The van der Waals surface area contributed by atoms with E-state index in [-0.39, 0.29) is 0 Å². The highest BCUT2D eigenvalue weighted by Gasteiger charge is 2.07. The summed E-state index contributed by atoms with van der Waals surface area (Å²) in [4.78, 5) is 0. The van der Waals surface area contributed by atoms with Crippen LogP contribution >= 0.6 is 11.6 Å². The Kier molecular flexibility index (Phi) is 3.25. The Morgan fingerprint density at radius 1 is 1.00 bits per heavy atom. The van der Waals surface area contributed by atoms with Gasteiger partial charge in [-0.2, -0.15) is 0 Å². The molecule has 0 heterocycles. The van der Waals surface area contributed by atoms with Crippen LogP contribution in [-0.2, 0) is 0 Å². The van der Waals surface area contributed by atoms with E-state index in [1.807, 2.05) is 44.2 Å². The molecule has 2 N–H and O–H groups in total. The zero-order valence-corrected chi connectivity index (χ0v) is 10.6. The number of hydrogen-bond acceptors (Lipinski definition) is 2. The maximum atomic E-state index is 5.95. The maximum Gasteiger partial charge on any atom is 0.151 e. The summed E-state index contributed by atoms with van der Waals surface area (Å²) in [5, 5.41) is 0.507. The van der Waals surface area contributed by atoms with E-state index in [1.165, 1.54) is 5.56 Å². The predicted octanol–water partition coefficient (Wildman–Crippen LogP) is 4.33. The third kappa shape index (κ3) is 2.37. The average Bonchev–Trinajstić information content (AvgIpc) is 2.31. The van der Waals surface area contributed by atoms with E-state index in [0.29, 0.717) is 16.5 Å². The van der Waals surface area contributed by atoms with Crippen LogP contribution in [0.1, 0.15) is 11.1 Å². The van der Waals surface area contributed by atoms with Gasteiger partial charge >= 0.3 is 0 Å². The lowest BCUT2D eigenvalue weighted by Crippen LogP contribution is -1.95. The van der Waals surface area contributed by atoms with Crippen molar-refractivity contribution in [2.24, 2.45) is 0 Å². The van der Waals surface area contributed by atoms with Crippen molar-refractivity contribution in [3.05, 3.63) is 52.5 Å². The predicted molar refractivity (Wildman–Crippen MR) is 71.9 cm³/mol. The summed E-state index contributed by atoms with van der Waals surface area (Å²) in [6.07, 6.45) is 0. The number of rotatable bonds is 2. The molecule has 0 fully saturated rings. The third-order valence-corrected chi connectivity index (χ3v) is 3.12. The molecule has 88 valence electrons. The Morgan fingerprint density at radius 3 is 2.41 bits per heavy atom. The van der Waals surface area contributed by atoms with E-state index < -0.39 is 0 Å². The first-order valence-electron chi connectivity index (χ1n) is 5.37. The van der Waals surface area contributed by atoms with E-state index in [2.05, 4.69) is 0 Å². The summed E-state index contributed by atoms with van der Waals surface area (Å²) in [5.74, 6) is 1.39. The molecule has 2 aromatic carbocycles. The summed E-state index contributed by atoms with van der Waals surface area (Å²) in [6, 6.07) is 11.3. The molecule has 0 amide bonds. The largest absolute Gasteiger partial charge is 0.455 e. The number of para-hydroxylation sites is 1. The van der Waals surface area contributed by atoms with E-state index in [9.17, 15) is 0 Å². The molecule has 2 aromatic rings. The number of aryl methyl sites for hydroxylation is 1. The van der Waals surface area contributed by atoms with Gasteiger partial charge in [-0.3, -0.25) is 0 Å². The monoisotopic (exact) mass is 247 g/mol. The van der Waals surface area contributed by atoms with Gasteiger partial charge in [0, 0.05) is 0 Å². The van der Waals surface area contributed by atoms with Crippen molar-refractivity contribution in [2.45, 2.75) is 13.8 Å². The van der Waals surface area contributed by atoms with Crippen LogP contribution in [0.25, 0.3) is 0 Å². The molecule has 0 radical (unpaired) electrons. The van der Waals surface area contributed by atoms with Crippen LogP contribution in [0.3, 0.4) is 0 Å². The van der Waals surface area contributed by atoms with Gasteiger partial charge in [0.05, 0.1) is 10.7 Å². The van der Waals surface area contributed by atoms with E-state index >= 15 is 0 Å². The molecule has 17 heavy (non-hydrogen) atoms. The minimum absolute atomic E-state index is 0.468. The molecule has 0 aliphatic heterocycles. The van der Waals surface area contributed by atoms with Crippen molar-refractivity contribution in [2.75, 3.05) is 5.73 Å². The molecule has 0 unspecified atom stereocenters. The van der Waals surface area contributed by atoms with Gasteiger partial charge in [0.25, 0.3) is 0 Å². The van der Waals surface area contributed by atoms with Gasteiger partial charge in [-0.25, -0.2) is 0 Å². The van der Waals surface area contributed by atoms with Crippen molar-refractivity contribution in [3.8, 4) is 11.5 Å². The first kappa shape index (κ1) is 11.8. The van der Waals surface area contributed by atoms with Crippen molar-refractivity contribution in [1.29, 1.82) is 0 Å². The van der Waals surface area contributed by atoms with Crippen LogP contribution in [0.15, 0.2) is 36.4 Å².